The molecule has 3 nitrogen and oxygen atoms in total. The van der Waals surface area contributed by atoms with Gasteiger partial charge in [0.15, 0.2) is 0 Å². The minimum atomic E-state index is 0.567. The zero-order valence-corrected chi connectivity index (χ0v) is 9.20. The van der Waals surface area contributed by atoms with Gasteiger partial charge < -0.3 is 10.5 Å². The second kappa shape index (κ2) is 4.73. The fourth-order valence-electron chi connectivity index (χ4n) is 2.05. The summed E-state index contributed by atoms with van der Waals surface area (Å²) in [6.45, 7) is 1.17. The Labute approximate surface area is 90.7 Å². The molecule has 1 heterocycles. The highest BCUT2D eigenvalue weighted by molar-refractivity contribution is 5.30. The number of nitrogens with two attached hydrogens (primary N) is 1. The van der Waals surface area contributed by atoms with Gasteiger partial charge in [-0.25, -0.2) is 0 Å². The van der Waals surface area contributed by atoms with Gasteiger partial charge in [0.25, 0.3) is 0 Å². The number of methoxy groups -OCH3 is 1. The van der Waals surface area contributed by atoms with Crippen LogP contribution in [0.5, 0.6) is 0 Å². The number of hydrogen-bond donors (Lipinski definition) is 1. The molecule has 0 aliphatic heterocycles. The summed E-state index contributed by atoms with van der Waals surface area (Å²) in [5.41, 5.74) is 9.33. The van der Waals surface area contributed by atoms with Crippen LogP contribution in [0.4, 0.5) is 0 Å². The Morgan fingerprint density at radius 1 is 1.53 bits per heavy atom. The maximum atomic E-state index is 5.76. The molecule has 82 valence electrons. The van der Waals surface area contributed by atoms with Crippen LogP contribution < -0.4 is 5.73 Å². The molecule has 3 heteroatoms. The number of nitrogens with zero attached hydrogens (tertiary/aromatic N) is 1. The maximum Gasteiger partial charge on any atom is 0.0884 e. The lowest BCUT2D eigenvalue weighted by atomic mass is 9.79. The monoisotopic (exact) mass is 206 g/mol. The van der Waals surface area contributed by atoms with E-state index in [4.69, 9.17) is 10.5 Å². The highest BCUT2D eigenvalue weighted by atomic mass is 16.5. The van der Waals surface area contributed by atoms with E-state index in [-0.39, 0.29) is 0 Å². The van der Waals surface area contributed by atoms with Crippen LogP contribution in [-0.2, 0) is 17.9 Å². The Bertz CT molecular complexity index is 334. The molecule has 0 unspecified atom stereocenters. The van der Waals surface area contributed by atoms with E-state index in [9.17, 15) is 0 Å². The van der Waals surface area contributed by atoms with E-state index in [1.165, 1.54) is 30.4 Å². The van der Waals surface area contributed by atoms with Gasteiger partial charge in [-0.15, -0.1) is 0 Å². The van der Waals surface area contributed by atoms with Crippen molar-refractivity contribution in [2.75, 3.05) is 7.11 Å². The molecule has 0 spiro atoms. The molecule has 1 saturated carbocycles. The maximum absolute atomic E-state index is 5.76. The van der Waals surface area contributed by atoms with Gasteiger partial charge in [0, 0.05) is 19.9 Å². The molecular formula is C12H18N2O. The number of aromatic nitrogens is 1. The standard InChI is InChI=1S/C12H18N2O/c1-15-8-11-5-10(6-13)12(7-14-11)9-3-2-4-9/h5,7,9H,2-4,6,8,13H2,1H3. The van der Waals surface area contributed by atoms with Crippen LogP contribution in [0.3, 0.4) is 0 Å². The first-order chi connectivity index (χ1) is 7.35. The van der Waals surface area contributed by atoms with Crippen LogP contribution in [0.2, 0.25) is 0 Å². The molecule has 0 bridgehead atoms. The Kier molecular flexibility index (Phi) is 3.34. The molecule has 1 aliphatic carbocycles. The normalized spacial score (nSPS) is 16.4. The molecule has 0 radical (unpaired) electrons. The predicted octanol–water partition coefficient (Wildman–Crippen LogP) is 1.95. The smallest absolute Gasteiger partial charge is 0.0884 e. The van der Waals surface area contributed by atoms with E-state index in [2.05, 4.69) is 11.1 Å². The van der Waals surface area contributed by atoms with E-state index < -0.39 is 0 Å². The summed E-state index contributed by atoms with van der Waals surface area (Å²) in [4.78, 5) is 4.40. The van der Waals surface area contributed by atoms with Crippen molar-refractivity contribution in [3.05, 3.63) is 29.1 Å². The van der Waals surface area contributed by atoms with Crippen molar-refractivity contribution in [3.63, 3.8) is 0 Å². The summed E-state index contributed by atoms with van der Waals surface area (Å²) in [7, 11) is 1.68. The Hall–Kier alpha value is -0.930. The first-order valence-electron chi connectivity index (χ1n) is 5.52. The van der Waals surface area contributed by atoms with Gasteiger partial charge in [0.2, 0.25) is 0 Å². The number of hydrogen-bond acceptors (Lipinski definition) is 3. The highest BCUT2D eigenvalue weighted by Gasteiger charge is 2.22. The number of ether oxygens (including phenoxy) is 1. The molecule has 15 heavy (non-hydrogen) atoms. The summed E-state index contributed by atoms with van der Waals surface area (Å²) < 4.78 is 5.06. The average Bonchev–Trinajstić information content (AvgIpc) is 2.18. The van der Waals surface area contributed by atoms with Crippen molar-refractivity contribution < 1.29 is 4.74 Å². The third-order valence-corrected chi connectivity index (χ3v) is 3.14. The third kappa shape index (κ3) is 2.19. The van der Waals surface area contributed by atoms with Gasteiger partial charge >= 0.3 is 0 Å². The van der Waals surface area contributed by atoms with Crippen molar-refractivity contribution in [2.24, 2.45) is 5.73 Å². The summed E-state index contributed by atoms with van der Waals surface area (Å²) >= 11 is 0. The number of rotatable bonds is 4. The molecule has 0 amide bonds. The van der Waals surface area contributed by atoms with Crippen molar-refractivity contribution in [1.82, 2.24) is 4.98 Å². The average molecular weight is 206 g/mol. The topological polar surface area (TPSA) is 48.1 Å². The molecule has 0 saturated heterocycles. The van der Waals surface area contributed by atoms with E-state index >= 15 is 0 Å². The van der Waals surface area contributed by atoms with Gasteiger partial charge in [0.1, 0.15) is 0 Å². The molecule has 2 N–H and O–H groups in total. The molecule has 1 fully saturated rings. The second-order valence-corrected chi connectivity index (χ2v) is 4.14. The summed E-state index contributed by atoms with van der Waals surface area (Å²) in [5, 5.41) is 0. The van der Waals surface area contributed by atoms with Gasteiger partial charge in [0.05, 0.1) is 12.3 Å². The van der Waals surface area contributed by atoms with Crippen LogP contribution in [-0.4, -0.2) is 12.1 Å². The lowest BCUT2D eigenvalue weighted by Gasteiger charge is -2.27. The van der Waals surface area contributed by atoms with Crippen LogP contribution in [0.1, 0.15) is 42.0 Å². The lowest BCUT2D eigenvalue weighted by Crippen LogP contribution is -2.14. The van der Waals surface area contributed by atoms with Gasteiger partial charge in [-0.05, 0) is 36.0 Å². The van der Waals surface area contributed by atoms with Crippen LogP contribution in [0, 0.1) is 0 Å². The number of pyridine rings is 1. The first kappa shape index (κ1) is 10.6. The fourth-order valence-corrected chi connectivity index (χ4v) is 2.05. The Balaban J connectivity index is 2.22. The quantitative estimate of drug-likeness (QED) is 0.819. The molecule has 0 atom stereocenters. The van der Waals surface area contributed by atoms with Crippen LogP contribution in [0.15, 0.2) is 12.3 Å². The highest BCUT2D eigenvalue weighted by Crippen LogP contribution is 2.37. The molecule has 0 aromatic carbocycles. The minimum absolute atomic E-state index is 0.567. The zero-order valence-electron chi connectivity index (χ0n) is 9.20. The van der Waals surface area contributed by atoms with Crippen molar-refractivity contribution in [1.29, 1.82) is 0 Å². The van der Waals surface area contributed by atoms with E-state index in [0.717, 1.165) is 5.69 Å². The van der Waals surface area contributed by atoms with Crippen LogP contribution >= 0.6 is 0 Å². The zero-order chi connectivity index (χ0) is 10.7. The van der Waals surface area contributed by atoms with Crippen molar-refractivity contribution in [3.8, 4) is 0 Å². The third-order valence-electron chi connectivity index (χ3n) is 3.14. The lowest BCUT2D eigenvalue weighted by molar-refractivity contribution is 0.181. The molecule has 1 aliphatic rings. The summed E-state index contributed by atoms with van der Waals surface area (Å²) in [6.07, 6.45) is 5.91. The summed E-state index contributed by atoms with van der Waals surface area (Å²) in [5.74, 6) is 0.702. The summed E-state index contributed by atoms with van der Waals surface area (Å²) in [6, 6.07) is 2.08. The molecular weight excluding hydrogens is 188 g/mol. The molecule has 2 rings (SSSR count). The fraction of sp³-hybridized carbons (Fsp3) is 0.583. The van der Waals surface area contributed by atoms with E-state index in [1.54, 1.807) is 7.11 Å². The van der Waals surface area contributed by atoms with E-state index in [1.807, 2.05) is 6.20 Å². The Morgan fingerprint density at radius 2 is 2.33 bits per heavy atom. The van der Waals surface area contributed by atoms with Gasteiger partial charge in [-0.3, -0.25) is 4.98 Å². The van der Waals surface area contributed by atoms with E-state index in [0.29, 0.717) is 19.1 Å². The second-order valence-electron chi connectivity index (χ2n) is 4.14. The van der Waals surface area contributed by atoms with Crippen molar-refractivity contribution in [2.45, 2.75) is 38.3 Å². The first-order valence-corrected chi connectivity index (χ1v) is 5.52. The molecule has 1 aromatic rings. The minimum Gasteiger partial charge on any atom is -0.378 e. The van der Waals surface area contributed by atoms with Gasteiger partial charge in [-0.1, -0.05) is 6.42 Å². The van der Waals surface area contributed by atoms with Crippen LogP contribution in [0.25, 0.3) is 0 Å². The van der Waals surface area contributed by atoms with Crippen molar-refractivity contribution >= 4 is 0 Å². The Morgan fingerprint density at radius 3 is 2.87 bits per heavy atom. The SMILES string of the molecule is COCc1cc(CN)c(C2CCC2)cn1. The predicted molar refractivity (Wildman–Crippen MR) is 59.4 cm³/mol. The van der Waals surface area contributed by atoms with Gasteiger partial charge in [-0.2, -0.15) is 0 Å². The largest absolute Gasteiger partial charge is 0.378 e. The molecule has 1 aromatic heterocycles.